The zero-order chi connectivity index (χ0) is 19.7. The average molecular weight is 406 g/mol. The smallest absolute Gasteiger partial charge is 0.268 e. The molecule has 28 heavy (non-hydrogen) atoms. The molecular formula is C23H16ClNO2S. The Balaban J connectivity index is 1.83. The van der Waals surface area contributed by atoms with Crippen LogP contribution in [0.15, 0.2) is 88.7 Å². The van der Waals surface area contributed by atoms with Gasteiger partial charge in [-0.05, 0) is 54.4 Å². The summed E-state index contributed by atoms with van der Waals surface area (Å²) >= 11 is 7.32. The average Bonchev–Trinajstić information content (AvgIpc) is 2.93. The minimum atomic E-state index is -0.323. The Labute approximate surface area is 172 Å². The predicted octanol–water partition coefficient (Wildman–Crippen LogP) is 5.73. The van der Waals surface area contributed by atoms with Crippen LogP contribution < -0.4 is 4.90 Å². The molecule has 1 heterocycles. The van der Waals surface area contributed by atoms with Crippen LogP contribution in [0, 0.1) is 6.92 Å². The minimum Gasteiger partial charge on any atom is -0.268 e. The standard InChI is InChI=1S/C23H16ClNO2S/c1-15-6-5-7-18(14-15)25-22(26)20(16-10-12-17(24)13-11-16)21(23(25)27)28-19-8-3-2-4-9-19/h2-14H,1H3. The number of aryl methyl sites for hydroxylation is 1. The summed E-state index contributed by atoms with van der Waals surface area (Å²) in [5.41, 5.74) is 2.63. The van der Waals surface area contributed by atoms with Crippen LogP contribution in [0.25, 0.3) is 5.57 Å². The minimum absolute atomic E-state index is 0.311. The Morgan fingerprint density at radius 3 is 2.21 bits per heavy atom. The van der Waals surface area contributed by atoms with Crippen molar-refractivity contribution in [3.8, 4) is 0 Å². The fourth-order valence-corrected chi connectivity index (χ4v) is 4.22. The van der Waals surface area contributed by atoms with E-state index < -0.39 is 0 Å². The molecule has 5 heteroatoms. The van der Waals surface area contributed by atoms with Crippen LogP contribution in [0.1, 0.15) is 11.1 Å². The summed E-state index contributed by atoms with van der Waals surface area (Å²) in [5.74, 6) is -0.634. The summed E-state index contributed by atoms with van der Waals surface area (Å²) in [6.45, 7) is 1.93. The summed E-state index contributed by atoms with van der Waals surface area (Å²) in [6.07, 6.45) is 0. The molecule has 3 aromatic carbocycles. The summed E-state index contributed by atoms with van der Waals surface area (Å²) in [5, 5.41) is 0.578. The van der Waals surface area contributed by atoms with Gasteiger partial charge >= 0.3 is 0 Å². The number of hydrogen-bond acceptors (Lipinski definition) is 3. The first-order valence-corrected chi connectivity index (χ1v) is 9.92. The number of thioether (sulfide) groups is 1. The Morgan fingerprint density at radius 1 is 0.821 bits per heavy atom. The summed E-state index contributed by atoms with van der Waals surface area (Å²) in [6, 6.07) is 24.0. The number of carbonyl (C=O) groups excluding carboxylic acids is 2. The molecule has 138 valence electrons. The number of amides is 2. The summed E-state index contributed by atoms with van der Waals surface area (Å²) < 4.78 is 0. The number of nitrogens with zero attached hydrogens (tertiary/aromatic N) is 1. The zero-order valence-corrected chi connectivity index (χ0v) is 16.6. The van der Waals surface area contributed by atoms with E-state index in [1.165, 1.54) is 16.7 Å². The highest BCUT2D eigenvalue weighted by Crippen LogP contribution is 2.41. The normalized spacial score (nSPS) is 14.1. The van der Waals surface area contributed by atoms with Gasteiger partial charge in [-0.2, -0.15) is 0 Å². The third kappa shape index (κ3) is 3.49. The van der Waals surface area contributed by atoms with Gasteiger partial charge in [0.2, 0.25) is 0 Å². The van der Waals surface area contributed by atoms with Crippen LogP contribution >= 0.6 is 23.4 Å². The molecule has 0 N–H and O–H groups in total. The van der Waals surface area contributed by atoms with Gasteiger partial charge in [0.15, 0.2) is 0 Å². The van der Waals surface area contributed by atoms with Gasteiger partial charge < -0.3 is 0 Å². The SMILES string of the molecule is Cc1cccc(N2C(=O)C(Sc3ccccc3)=C(c3ccc(Cl)cc3)C2=O)c1. The Bertz CT molecular complexity index is 1090. The number of halogens is 1. The molecule has 2 amide bonds. The fourth-order valence-electron chi connectivity index (χ4n) is 3.08. The van der Waals surface area contributed by atoms with Gasteiger partial charge in [0.05, 0.1) is 16.2 Å². The van der Waals surface area contributed by atoms with Crippen molar-refractivity contribution >= 4 is 46.4 Å². The number of carbonyl (C=O) groups is 2. The molecule has 1 aliphatic heterocycles. The maximum absolute atomic E-state index is 13.3. The van der Waals surface area contributed by atoms with Gasteiger partial charge in [-0.3, -0.25) is 9.59 Å². The third-order valence-electron chi connectivity index (χ3n) is 4.40. The molecule has 1 aliphatic rings. The van der Waals surface area contributed by atoms with E-state index in [2.05, 4.69) is 0 Å². The largest absolute Gasteiger partial charge is 0.272 e. The van der Waals surface area contributed by atoms with E-state index in [4.69, 9.17) is 11.6 Å². The summed E-state index contributed by atoms with van der Waals surface area (Å²) in [4.78, 5) is 29.2. The second-order valence-electron chi connectivity index (χ2n) is 6.41. The number of anilines is 1. The van der Waals surface area contributed by atoms with E-state index >= 15 is 0 Å². The molecule has 3 aromatic rings. The zero-order valence-electron chi connectivity index (χ0n) is 15.1. The Kier molecular flexibility index (Phi) is 5.07. The molecule has 0 atom stereocenters. The highest BCUT2D eigenvalue weighted by Gasteiger charge is 2.40. The lowest BCUT2D eigenvalue weighted by Gasteiger charge is -2.15. The number of rotatable bonds is 4. The van der Waals surface area contributed by atoms with Gasteiger partial charge in [0, 0.05) is 9.92 Å². The van der Waals surface area contributed by atoms with E-state index in [1.54, 1.807) is 30.3 Å². The maximum atomic E-state index is 13.3. The number of imide groups is 1. The van der Waals surface area contributed by atoms with Crippen molar-refractivity contribution in [2.45, 2.75) is 11.8 Å². The van der Waals surface area contributed by atoms with Crippen molar-refractivity contribution in [2.75, 3.05) is 4.90 Å². The topological polar surface area (TPSA) is 37.4 Å². The monoisotopic (exact) mass is 405 g/mol. The molecular weight excluding hydrogens is 390 g/mol. The Morgan fingerprint density at radius 2 is 1.54 bits per heavy atom. The molecule has 3 nitrogen and oxygen atoms in total. The highest BCUT2D eigenvalue weighted by atomic mass is 35.5. The van der Waals surface area contributed by atoms with Crippen molar-refractivity contribution in [3.05, 3.63) is 99.9 Å². The first-order valence-electron chi connectivity index (χ1n) is 8.73. The molecule has 0 fully saturated rings. The van der Waals surface area contributed by atoms with Gasteiger partial charge in [0.25, 0.3) is 11.8 Å². The first kappa shape index (κ1) is 18.5. The van der Waals surface area contributed by atoms with Crippen molar-refractivity contribution < 1.29 is 9.59 Å². The fraction of sp³-hybridized carbons (Fsp3) is 0.0435. The quantitative estimate of drug-likeness (QED) is 0.520. The molecule has 4 rings (SSSR count). The second-order valence-corrected chi connectivity index (χ2v) is 7.93. The van der Waals surface area contributed by atoms with Crippen LogP contribution in [0.4, 0.5) is 5.69 Å². The van der Waals surface area contributed by atoms with Crippen LogP contribution in [-0.4, -0.2) is 11.8 Å². The molecule has 0 spiro atoms. The highest BCUT2D eigenvalue weighted by molar-refractivity contribution is 8.04. The van der Waals surface area contributed by atoms with E-state index in [-0.39, 0.29) is 11.8 Å². The van der Waals surface area contributed by atoms with E-state index in [0.717, 1.165) is 10.5 Å². The van der Waals surface area contributed by atoms with Crippen molar-refractivity contribution in [1.82, 2.24) is 0 Å². The molecule has 0 bridgehead atoms. The number of hydrogen-bond donors (Lipinski definition) is 0. The third-order valence-corrected chi connectivity index (χ3v) is 5.74. The molecule has 0 aliphatic carbocycles. The summed E-state index contributed by atoms with van der Waals surface area (Å²) in [7, 11) is 0. The number of benzene rings is 3. The second kappa shape index (κ2) is 7.66. The maximum Gasteiger partial charge on any atom is 0.272 e. The van der Waals surface area contributed by atoms with Gasteiger partial charge in [0.1, 0.15) is 0 Å². The van der Waals surface area contributed by atoms with E-state index in [0.29, 0.717) is 26.8 Å². The van der Waals surface area contributed by atoms with Gasteiger partial charge in [-0.25, -0.2) is 4.90 Å². The molecule has 0 saturated carbocycles. The molecule has 0 radical (unpaired) electrons. The van der Waals surface area contributed by atoms with Crippen LogP contribution in [0.3, 0.4) is 0 Å². The predicted molar refractivity (Wildman–Crippen MR) is 114 cm³/mol. The van der Waals surface area contributed by atoms with Gasteiger partial charge in [-0.15, -0.1) is 0 Å². The molecule has 0 saturated heterocycles. The van der Waals surface area contributed by atoms with Crippen molar-refractivity contribution in [1.29, 1.82) is 0 Å². The van der Waals surface area contributed by atoms with E-state index in [1.807, 2.05) is 55.5 Å². The van der Waals surface area contributed by atoms with Crippen LogP contribution in [-0.2, 0) is 9.59 Å². The van der Waals surface area contributed by atoms with Crippen LogP contribution in [0.5, 0.6) is 0 Å². The Hall–Kier alpha value is -2.82. The lowest BCUT2D eigenvalue weighted by atomic mass is 10.1. The first-order chi connectivity index (χ1) is 13.5. The lowest BCUT2D eigenvalue weighted by Crippen LogP contribution is -2.31. The van der Waals surface area contributed by atoms with Crippen molar-refractivity contribution in [2.24, 2.45) is 0 Å². The van der Waals surface area contributed by atoms with Crippen molar-refractivity contribution in [3.63, 3.8) is 0 Å². The van der Waals surface area contributed by atoms with E-state index in [9.17, 15) is 9.59 Å². The molecule has 0 unspecified atom stereocenters. The van der Waals surface area contributed by atoms with Crippen LogP contribution in [0.2, 0.25) is 5.02 Å². The lowest BCUT2D eigenvalue weighted by molar-refractivity contribution is -0.119. The molecule has 0 aromatic heterocycles. The van der Waals surface area contributed by atoms with Gasteiger partial charge in [-0.1, -0.05) is 65.8 Å².